The van der Waals surface area contributed by atoms with Crippen molar-refractivity contribution in [2.45, 2.75) is 26.1 Å². The van der Waals surface area contributed by atoms with E-state index in [0.717, 1.165) is 18.2 Å². The van der Waals surface area contributed by atoms with Crippen LogP contribution in [0.25, 0.3) is 10.8 Å². The lowest BCUT2D eigenvalue weighted by Crippen LogP contribution is -2.50. The molecule has 0 bridgehead atoms. The monoisotopic (exact) mass is 481 g/mol. The molecule has 0 aliphatic carbocycles. The number of halogens is 4. The molecule has 0 unspecified atom stereocenters. The molecule has 33 heavy (non-hydrogen) atoms. The average Bonchev–Trinajstić information content (AvgIpc) is 2.76. The highest BCUT2D eigenvalue weighted by molar-refractivity contribution is 6.33. The van der Waals surface area contributed by atoms with Gasteiger partial charge in [0.25, 0.3) is 17.4 Å². The fourth-order valence-electron chi connectivity index (χ4n) is 3.05. The lowest BCUT2D eigenvalue weighted by Gasteiger charge is -2.23. The van der Waals surface area contributed by atoms with E-state index in [-0.39, 0.29) is 27.7 Å². The summed E-state index contributed by atoms with van der Waals surface area (Å²) in [4.78, 5) is 37.1. The number of alkyl halides is 3. The molecule has 0 radical (unpaired) electrons. The summed E-state index contributed by atoms with van der Waals surface area (Å²) in [7, 11) is 0. The second-order valence-electron chi connectivity index (χ2n) is 7.45. The Kier molecular flexibility index (Phi) is 6.92. The molecular formula is C21H19ClF3N5O3. The Hall–Kier alpha value is -3.60. The molecule has 0 aliphatic rings. The van der Waals surface area contributed by atoms with Crippen LogP contribution in [0.3, 0.4) is 0 Å². The number of fused-ring (bicyclic) bond motifs is 1. The minimum absolute atomic E-state index is 0.106. The van der Waals surface area contributed by atoms with Crippen molar-refractivity contribution < 1.29 is 22.8 Å². The van der Waals surface area contributed by atoms with Crippen molar-refractivity contribution in [3.63, 3.8) is 0 Å². The number of benzene rings is 2. The van der Waals surface area contributed by atoms with E-state index < -0.39 is 35.2 Å². The number of aromatic nitrogens is 2. The minimum atomic E-state index is -4.55. The highest BCUT2D eigenvalue weighted by Crippen LogP contribution is 2.34. The molecule has 0 fully saturated rings. The third-order valence-corrected chi connectivity index (χ3v) is 5.08. The van der Waals surface area contributed by atoms with E-state index in [2.05, 4.69) is 26.4 Å². The Morgan fingerprint density at radius 3 is 2.33 bits per heavy atom. The second-order valence-corrected chi connectivity index (χ2v) is 7.86. The van der Waals surface area contributed by atoms with Crippen molar-refractivity contribution in [1.29, 1.82) is 0 Å². The first-order chi connectivity index (χ1) is 15.5. The summed E-state index contributed by atoms with van der Waals surface area (Å²) in [6.07, 6.45) is -4.55. The fraction of sp³-hybridized carbons (Fsp3) is 0.238. The zero-order valence-corrected chi connectivity index (χ0v) is 18.1. The van der Waals surface area contributed by atoms with Gasteiger partial charge < -0.3 is 5.32 Å². The first kappa shape index (κ1) is 24.1. The first-order valence-electron chi connectivity index (χ1n) is 9.70. The summed E-state index contributed by atoms with van der Waals surface area (Å²) in [5, 5.41) is 9.10. The number of hydrazine groups is 1. The van der Waals surface area contributed by atoms with Crippen molar-refractivity contribution in [3.05, 3.63) is 69.1 Å². The minimum Gasteiger partial charge on any atom is -0.372 e. The van der Waals surface area contributed by atoms with Gasteiger partial charge in [-0.2, -0.15) is 18.3 Å². The summed E-state index contributed by atoms with van der Waals surface area (Å²) in [6, 6.07) is 8.11. The van der Waals surface area contributed by atoms with Crippen molar-refractivity contribution in [2.24, 2.45) is 5.92 Å². The number of carbonyl (C=O) groups excluding carboxylic acids is 2. The molecule has 0 saturated heterocycles. The van der Waals surface area contributed by atoms with E-state index in [9.17, 15) is 27.6 Å². The molecule has 0 aliphatic heterocycles. The smallest absolute Gasteiger partial charge is 0.372 e. The summed E-state index contributed by atoms with van der Waals surface area (Å²) >= 11 is 5.96. The van der Waals surface area contributed by atoms with Crippen LogP contribution in [0.4, 0.5) is 18.9 Å². The molecule has 0 spiro atoms. The maximum Gasteiger partial charge on any atom is 0.416 e. The largest absolute Gasteiger partial charge is 0.416 e. The number of anilines is 1. The van der Waals surface area contributed by atoms with Crippen molar-refractivity contribution >= 4 is 39.9 Å². The maximum absolute atomic E-state index is 12.8. The number of hydrogen-bond acceptors (Lipinski definition) is 5. The first-order valence-corrected chi connectivity index (χ1v) is 10.1. The third kappa shape index (κ3) is 5.43. The van der Waals surface area contributed by atoms with Gasteiger partial charge in [0.1, 0.15) is 6.04 Å². The zero-order chi connectivity index (χ0) is 24.3. The van der Waals surface area contributed by atoms with Crippen molar-refractivity contribution in [2.75, 3.05) is 5.32 Å². The van der Waals surface area contributed by atoms with Gasteiger partial charge in [-0.15, -0.1) is 0 Å². The molecule has 2 aromatic carbocycles. The van der Waals surface area contributed by atoms with Gasteiger partial charge in [-0.05, 0) is 30.2 Å². The molecule has 2 amide bonds. The Bertz CT molecular complexity index is 1260. The molecule has 1 heterocycles. The van der Waals surface area contributed by atoms with Crippen LogP contribution < -0.4 is 21.7 Å². The molecule has 0 saturated carbocycles. The number of aromatic amines is 1. The molecule has 3 aromatic rings. The number of amides is 2. The molecule has 8 nitrogen and oxygen atoms in total. The van der Waals surface area contributed by atoms with Crippen LogP contribution in [0.5, 0.6) is 0 Å². The van der Waals surface area contributed by atoms with E-state index in [4.69, 9.17) is 11.6 Å². The van der Waals surface area contributed by atoms with Crippen molar-refractivity contribution in [3.8, 4) is 0 Å². The molecule has 12 heteroatoms. The van der Waals surface area contributed by atoms with E-state index in [1.165, 1.54) is 6.07 Å². The van der Waals surface area contributed by atoms with Crippen LogP contribution in [0.2, 0.25) is 5.02 Å². The van der Waals surface area contributed by atoms with Crippen molar-refractivity contribution in [1.82, 2.24) is 21.0 Å². The zero-order valence-electron chi connectivity index (χ0n) is 17.4. The molecule has 3 rings (SSSR count). The number of hydrogen-bond donors (Lipinski definition) is 4. The third-order valence-electron chi connectivity index (χ3n) is 4.77. The average molecular weight is 482 g/mol. The highest BCUT2D eigenvalue weighted by atomic mass is 35.5. The van der Waals surface area contributed by atoms with E-state index in [1.807, 2.05) is 0 Å². The SMILES string of the molecule is CC(C)[C@H](Nc1ccc(C(F)(F)F)cc1Cl)C(=O)NNC(=O)c1n[nH]c(=O)c2ccccc12. The predicted molar refractivity (Wildman–Crippen MR) is 117 cm³/mol. The van der Waals surface area contributed by atoms with Gasteiger partial charge in [0.2, 0.25) is 0 Å². The fourth-order valence-corrected chi connectivity index (χ4v) is 3.29. The van der Waals surface area contributed by atoms with E-state index >= 15 is 0 Å². The topological polar surface area (TPSA) is 116 Å². The number of carbonyl (C=O) groups is 2. The summed E-state index contributed by atoms with van der Waals surface area (Å²) < 4.78 is 38.5. The number of H-pyrrole nitrogens is 1. The number of nitrogens with zero attached hydrogens (tertiary/aromatic N) is 1. The summed E-state index contributed by atoms with van der Waals surface area (Å²) in [5.41, 5.74) is 3.12. The Morgan fingerprint density at radius 2 is 1.73 bits per heavy atom. The van der Waals surface area contributed by atoms with Crippen LogP contribution in [0.1, 0.15) is 29.9 Å². The quantitative estimate of drug-likeness (QED) is 0.416. The van der Waals surface area contributed by atoms with Crippen LogP contribution in [-0.4, -0.2) is 28.1 Å². The van der Waals surface area contributed by atoms with Gasteiger partial charge in [-0.25, -0.2) is 5.10 Å². The maximum atomic E-state index is 12.8. The van der Waals surface area contributed by atoms with E-state index in [1.54, 1.807) is 32.0 Å². The second kappa shape index (κ2) is 9.49. The highest BCUT2D eigenvalue weighted by Gasteiger charge is 2.31. The molecule has 1 aromatic heterocycles. The molecular weight excluding hydrogens is 463 g/mol. The van der Waals surface area contributed by atoms with Crippen LogP contribution in [-0.2, 0) is 11.0 Å². The van der Waals surface area contributed by atoms with E-state index in [0.29, 0.717) is 5.39 Å². The van der Waals surface area contributed by atoms with Crippen LogP contribution >= 0.6 is 11.6 Å². The van der Waals surface area contributed by atoms with Gasteiger partial charge in [0.05, 0.1) is 21.7 Å². The summed E-state index contributed by atoms with van der Waals surface area (Å²) in [5.74, 6) is -1.76. The lowest BCUT2D eigenvalue weighted by molar-refractivity contribution is -0.137. The molecule has 1 atom stereocenters. The van der Waals surface area contributed by atoms with Gasteiger partial charge in [-0.1, -0.05) is 43.6 Å². The van der Waals surface area contributed by atoms with Gasteiger partial charge in [-0.3, -0.25) is 25.2 Å². The summed E-state index contributed by atoms with van der Waals surface area (Å²) in [6.45, 7) is 3.40. The lowest BCUT2D eigenvalue weighted by atomic mass is 10.0. The van der Waals surface area contributed by atoms with Gasteiger partial charge >= 0.3 is 6.18 Å². The van der Waals surface area contributed by atoms with Gasteiger partial charge in [0.15, 0.2) is 5.69 Å². The normalized spacial score (nSPS) is 12.5. The van der Waals surface area contributed by atoms with Crippen LogP contribution in [0.15, 0.2) is 47.3 Å². The number of rotatable bonds is 5. The molecule has 174 valence electrons. The van der Waals surface area contributed by atoms with Gasteiger partial charge in [0, 0.05) is 5.39 Å². The Balaban J connectivity index is 1.74. The molecule has 4 N–H and O–H groups in total. The Labute approximate surface area is 190 Å². The predicted octanol–water partition coefficient (Wildman–Crippen LogP) is 3.49. The van der Waals surface area contributed by atoms with Crippen LogP contribution in [0, 0.1) is 5.92 Å². The Morgan fingerprint density at radius 1 is 1.06 bits per heavy atom. The number of nitrogens with one attached hydrogen (secondary N) is 4. The standard InChI is InChI=1S/C21H19ClF3N5O3/c1-10(2)16(26-15-8-7-11(9-14(15)22)21(23,24)25)19(32)29-30-20(33)17-12-5-3-4-6-13(12)18(31)28-27-17/h3-10,16,26H,1-2H3,(H,28,31)(H,29,32)(H,30,33)/t16-/m0/s1.